The van der Waals surface area contributed by atoms with E-state index in [9.17, 15) is 4.79 Å². The number of nitrogens with zero attached hydrogens (tertiary/aromatic N) is 1. The predicted octanol–water partition coefficient (Wildman–Crippen LogP) is 2.53. The first kappa shape index (κ1) is 14.5. The molecule has 0 aromatic heterocycles. The van der Waals surface area contributed by atoms with Gasteiger partial charge in [-0.2, -0.15) is 0 Å². The largest absolute Gasteiger partial charge is 0.315 e. The summed E-state index contributed by atoms with van der Waals surface area (Å²) in [6.07, 6.45) is 6.82. The van der Waals surface area contributed by atoms with E-state index in [0.29, 0.717) is 23.1 Å². The molecule has 18 heavy (non-hydrogen) atoms. The number of likely N-dealkylation sites (tertiary alicyclic amines) is 1. The summed E-state index contributed by atoms with van der Waals surface area (Å²) in [5.74, 6) is 1.21. The zero-order valence-corrected chi connectivity index (χ0v) is 12.9. The quantitative estimate of drug-likeness (QED) is 0.814. The molecule has 1 aliphatic heterocycles. The Kier molecular flexibility index (Phi) is 5.22. The molecule has 0 amide bonds. The summed E-state index contributed by atoms with van der Waals surface area (Å²) < 4.78 is 0. The van der Waals surface area contributed by atoms with Crippen molar-refractivity contribution in [3.8, 4) is 0 Å². The molecule has 1 heterocycles. The van der Waals surface area contributed by atoms with Crippen molar-refractivity contribution in [2.45, 2.75) is 56.4 Å². The van der Waals surface area contributed by atoms with E-state index in [1.807, 2.05) is 0 Å². The van der Waals surface area contributed by atoms with Gasteiger partial charge in [-0.1, -0.05) is 22.9 Å². The molecule has 2 aliphatic rings. The Morgan fingerprint density at radius 2 is 1.94 bits per heavy atom. The zero-order chi connectivity index (χ0) is 13.1. The standard InChI is InChI=1S/C14H25BrN2O/c1-10-3-2-8-17(14(10)16)9-13(18)11-4-6-12(15)7-5-11/h10-12,14H,2-9,16H2,1H3. The van der Waals surface area contributed by atoms with E-state index in [4.69, 9.17) is 5.73 Å². The maximum atomic E-state index is 12.3. The summed E-state index contributed by atoms with van der Waals surface area (Å²) in [4.78, 5) is 15.1. The van der Waals surface area contributed by atoms with Crippen LogP contribution < -0.4 is 5.73 Å². The van der Waals surface area contributed by atoms with E-state index >= 15 is 0 Å². The normalized spacial score (nSPS) is 38.6. The number of nitrogens with two attached hydrogens (primary N) is 1. The molecular formula is C14H25BrN2O. The highest BCUT2D eigenvalue weighted by atomic mass is 79.9. The highest BCUT2D eigenvalue weighted by Gasteiger charge is 2.30. The molecule has 1 aliphatic carbocycles. The minimum Gasteiger partial charge on any atom is -0.315 e. The van der Waals surface area contributed by atoms with Gasteiger partial charge in [0.1, 0.15) is 5.78 Å². The Labute approximate surface area is 119 Å². The lowest BCUT2D eigenvalue weighted by Crippen LogP contribution is -2.52. The van der Waals surface area contributed by atoms with Gasteiger partial charge in [0.2, 0.25) is 0 Å². The van der Waals surface area contributed by atoms with Crippen LogP contribution in [0.4, 0.5) is 0 Å². The second kappa shape index (κ2) is 6.49. The molecular weight excluding hydrogens is 292 g/mol. The number of ketones is 1. The van der Waals surface area contributed by atoms with Crippen molar-refractivity contribution >= 4 is 21.7 Å². The zero-order valence-electron chi connectivity index (χ0n) is 11.3. The lowest BCUT2D eigenvalue weighted by Gasteiger charge is -2.38. The third-order valence-electron chi connectivity index (χ3n) is 4.58. The van der Waals surface area contributed by atoms with Gasteiger partial charge in [-0.15, -0.1) is 0 Å². The summed E-state index contributed by atoms with van der Waals surface area (Å²) >= 11 is 3.64. The van der Waals surface area contributed by atoms with Gasteiger partial charge >= 0.3 is 0 Å². The average molecular weight is 317 g/mol. The molecule has 3 nitrogen and oxygen atoms in total. The predicted molar refractivity (Wildman–Crippen MR) is 77.6 cm³/mol. The minimum atomic E-state index is 0.0789. The molecule has 4 heteroatoms. The second-order valence-corrected chi connectivity index (χ2v) is 7.29. The number of hydrogen-bond acceptors (Lipinski definition) is 3. The summed E-state index contributed by atoms with van der Waals surface area (Å²) in [6, 6.07) is 0. The summed E-state index contributed by atoms with van der Waals surface area (Å²) in [5, 5.41) is 0. The number of carbonyl (C=O) groups excluding carboxylic acids is 1. The molecule has 0 bridgehead atoms. The Morgan fingerprint density at radius 1 is 1.28 bits per heavy atom. The molecule has 0 spiro atoms. The monoisotopic (exact) mass is 316 g/mol. The average Bonchev–Trinajstić information content (AvgIpc) is 2.36. The lowest BCUT2D eigenvalue weighted by atomic mass is 9.85. The Hall–Kier alpha value is 0.0700. The van der Waals surface area contributed by atoms with E-state index in [2.05, 4.69) is 27.8 Å². The van der Waals surface area contributed by atoms with Crippen molar-refractivity contribution < 1.29 is 4.79 Å². The SMILES string of the molecule is CC1CCCN(CC(=O)C2CCC(Br)CC2)C1N. The van der Waals surface area contributed by atoms with Gasteiger partial charge in [0.05, 0.1) is 12.7 Å². The number of halogens is 1. The molecule has 0 aromatic carbocycles. The van der Waals surface area contributed by atoms with Gasteiger partial charge in [0, 0.05) is 17.3 Å². The molecule has 2 N–H and O–H groups in total. The molecule has 0 aromatic rings. The second-order valence-electron chi connectivity index (χ2n) is 6.00. The fraction of sp³-hybridized carbons (Fsp3) is 0.929. The molecule has 1 saturated heterocycles. The third-order valence-corrected chi connectivity index (χ3v) is 5.50. The molecule has 1 saturated carbocycles. The lowest BCUT2D eigenvalue weighted by molar-refractivity contribution is -0.126. The van der Waals surface area contributed by atoms with Crippen LogP contribution in [0.3, 0.4) is 0 Å². The van der Waals surface area contributed by atoms with Crippen LogP contribution in [0.5, 0.6) is 0 Å². The van der Waals surface area contributed by atoms with Crippen LogP contribution >= 0.6 is 15.9 Å². The van der Waals surface area contributed by atoms with E-state index in [-0.39, 0.29) is 12.1 Å². The highest BCUT2D eigenvalue weighted by Crippen LogP contribution is 2.30. The van der Waals surface area contributed by atoms with E-state index < -0.39 is 0 Å². The van der Waals surface area contributed by atoms with E-state index in [1.54, 1.807) is 0 Å². The maximum absolute atomic E-state index is 12.3. The molecule has 2 rings (SSSR count). The van der Waals surface area contributed by atoms with Crippen LogP contribution in [0.2, 0.25) is 0 Å². The van der Waals surface area contributed by atoms with Gasteiger partial charge < -0.3 is 5.73 Å². The highest BCUT2D eigenvalue weighted by molar-refractivity contribution is 9.09. The molecule has 2 fully saturated rings. The van der Waals surface area contributed by atoms with Crippen LogP contribution in [-0.2, 0) is 4.79 Å². The van der Waals surface area contributed by atoms with Gasteiger partial charge in [0.25, 0.3) is 0 Å². The van der Waals surface area contributed by atoms with Crippen molar-refractivity contribution in [1.82, 2.24) is 4.90 Å². The fourth-order valence-corrected chi connectivity index (χ4v) is 3.71. The molecule has 104 valence electrons. The van der Waals surface area contributed by atoms with Crippen LogP contribution in [0, 0.1) is 11.8 Å². The smallest absolute Gasteiger partial charge is 0.149 e. The topological polar surface area (TPSA) is 46.3 Å². The van der Waals surface area contributed by atoms with Crippen LogP contribution in [-0.4, -0.2) is 34.8 Å². The maximum Gasteiger partial charge on any atom is 0.149 e. The first-order valence-corrected chi connectivity index (χ1v) is 8.16. The Morgan fingerprint density at radius 3 is 2.61 bits per heavy atom. The Balaban J connectivity index is 1.83. The van der Waals surface area contributed by atoms with Gasteiger partial charge in [0.15, 0.2) is 0 Å². The summed E-state index contributed by atoms with van der Waals surface area (Å²) in [7, 11) is 0. The van der Waals surface area contributed by atoms with E-state index in [0.717, 1.165) is 32.2 Å². The molecule has 2 unspecified atom stereocenters. The van der Waals surface area contributed by atoms with Crippen molar-refractivity contribution in [3.05, 3.63) is 0 Å². The number of carbonyl (C=O) groups is 1. The van der Waals surface area contributed by atoms with Gasteiger partial charge in [-0.25, -0.2) is 0 Å². The number of alkyl halides is 1. The fourth-order valence-electron chi connectivity index (χ4n) is 3.18. The number of piperidine rings is 1. The minimum absolute atomic E-state index is 0.0789. The van der Waals surface area contributed by atoms with Crippen molar-refractivity contribution in [3.63, 3.8) is 0 Å². The van der Waals surface area contributed by atoms with Crippen molar-refractivity contribution in [1.29, 1.82) is 0 Å². The first-order chi connectivity index (χ1) is 8.58. The molecule has 2 atom stereocenters. The van der Waals surface area contributed by atoms with Gasteiger partial charge in [-0.05, 0) is 44.4 Å². The summed E-state index contributed by atoms with van der Waals surface area (Å²) in [5.41, 5.74) is 6.19. The van der Waals surface area contributed by atoms with Crippen LogP contribution in [0.25, 0.3) is 0 Å². The Bertz CT molecular complexity index is 290. The number of Topliss-reactive ketones (excluding diaryl/α,β-unsaturated/α-hetero) is 1. The van der Waals surface area contributed by atoms with Crippen molar-refractivity contribution in [2.75, 3.05) is 13.1 Å². The third kappa shape index (κ3) is 3.55. The summed E-state index contributed by atoms with van der Waals surface area (Å²) in [6.45, 7) is 3.76. The number of rotatable bonds is 3. The van der Waals surface area contributed by atoms with Crippen molar-refractivity contribution in [2.24, 2.45) is 17.6 Å². The van der Waals surface area contributed by atoms with Gasteiger partial charge in [-0.3, -0.25) is 9.69 Å². The number of hydrogen-bond donors (Lipinski definition) is 1. The molecule has 0 radical (unpaired) electrons. The van der Waals surface area contributed by atoms with Crippen LogP contribution in [0.1, 0.15) is 45.4 Å². The van der Waals surface area contributed by atoms with Crippen LogP contribution in [0.15, 0.2) is 0 Å². The van der Waals surface area contributed by atoms with E-state index in [1.165, 1.54) is 12.8 Å². The first-order valence-electron chi connectivity index (χ1n) is 7.24.